The third-order valence-electron chi connectivity index (χ3n) is 6.93. The van der Waals surface area contributed by atoms with Crippen LogP contribution in [0.1, 0.15) is 99.8 Å². The smallest absolute Gasteiger partial charge is 0.0269 e. The van der Waals surface area contributed by atoms with E-state index in [-0.39, 0.29) is 0 Å². The molecule has 120 valence electrons. The van der Waals surface area contributed by atoms with Crippen molar-refractivity contribution in [3.05, 3.63) is 0 Å². The second kappa shape index (κ2) is 7.32. The van der Waals surface area contributed by atoms with E-state index in [1.165, 1.54) is 51.4 Å². The predicted molar refractivity (Wildman–Crippen MR) is 92.0 cm³/mol. The van der Waals surface area contributed by atoms with Gasteiger partial charge in [-0.25, -0.2) is 0 Å². The lowest BCUT2D eigenvalue weighted by atomic mass is 9.53. The summed E-state index contributed by atoms with van der Waals surface area (Å²) in [5.74, 6) is 2.67. The van der Waals surface area contributed by atoms with Gasteiger partial charge in [0.15, 0.2) is 0 Å². The molecule has 0 saturated heterocycles. The molecule has 0 nitrogen and oxygen atoms in total. The van der Waals surface area contributed by atoms with Gasteiger partial charge in [-0.3, -0.25) is 0 Å². The number of rotatable bonds is 7. The van der Waals surface area contributed by atoms with Crippen LogP contribution in [-0.4, -0.2) is 0 Å². The molecule has 0 radical (unpaired) electrons. The summed E-state index contributed by atoms with van der Waals surface area (Å²) in [5, 5.41) is 0. The molecule has 1 rings (SSSR count). The van der Waals surface area contributed by atoms with Crippen LogP contribution < -0.4 is 0 Å². The molecule has 1 saturated carbocycles. The summed E-state index contributed by atoms with van der Waals surface area (Å²) < 4.78 is 0. The van der Waals surface area contributed by atoms with E-state index in [9.17, 15) is 0 Å². The van der Waals surface area contributed by atoms with E-state index in [0.29, 0.717) is 10.8 Å². The zero-order valence-corrected chi connectivity index (χ0v) is 15.4. The molecule has 0 spiro atoms. The number of hydrogen-bond acceptors (Lipinski definition) is 0. The summed E-state index contributed by atoms with van der Waals surface area (Å²) in [6, 6.07) is 0. The van der Waals surface area contributed by atoms with Crippen molar-refractivity contribution in [1.29, 1.82) is 0 Å². The maximum atomic E-state index is 2.62. The standard InChI is InChI=1S/C20H40/c1-8-11-18-12-10-13-20(7,15-18)19(6,9-2)14-17(5)16(3)4/h16-18H,8-15H2,1-7H3. The first-order valence-corrected chi connectivity index (χ1v) is 9.28. The molecule has 0 aliphatic heterocycles. The zero-order valence-electron chi connectivity index (χ0n) is 15.4. The second-order valence-electron chi connectivity index (χ2n) is 8.65. The molecule has 0 aromatic carbocycles. The Kier molecular flexibility index (Phi) is 6.61. The molecule has 4 unspecified atom stereocenters. The van der Waals surface area contributed by atoms with E-state index in [0.717, 1.165) is 17.8 Å². The molecule has 20 heavy (non-hydrogen) atoms. The van der Waals surface area contributed by atoms with E-state index >= 15 is 0 Å². The molecule has 4 atom stereocenters. The average Bonchev–Trinajstić information content (AvgIpc) is 2.38. The molecule has 0 bridgehead atoms. The van der Waals surface area contributed by atoms with Crippen LogP contribution in [0.15, 0.2) is 0 Å². The zero-order chi connectivity index (χ0) is 15.4. The van der Waals surface area contributed by atoms with E-state index in [1.807, 2.05) is 0 Å². The molecule has 1 aliphatic carbocycles. The normalized spacial score (nSPS) is 32.1. The summed E-state index contributed by atoms with van der Waals surface area (Å²) in [6.07, 6.45) is 11.5. The highest BCUT2D eigenvalue weighted by Gasteiger charge is 2.46. The fraction of sp³-hybridized carbons (Fsp3) is 1.00. The van der Waals surface area contributed by atoms with Gasteiger partial charge in [0.05, 0.1) is 0 Å². The summed E-state index contributed by atoms with van der Waals surface area (Å²) in [5.41, 5.74) is 1.10. The van der Waals surface area contributed by atoms with Gasteiger partial charge in [0.1, 0.15) is 0 Å². The molecule has 0 aromatic rings. The third-order valence-corrected chi connectivity index (χ3v) is 6.93. The van der Waals surface area contributed by atoms with Crippen LogP contribution in [0.4, 0.5) is 0 Å². The Balaban J connectivity index is 2.84. The monoisotopic (exact) mass is 280 g/mol. The molecule has 0 heteroatoms. The van der Waals surface area contributed by atoms with Gasteiger partial charge in [0, 0.05) is 0 Å². The lowest BCUT2D eigenvalue weighted by Crippen LogP contribution is -2.42. The topological polar surface area (TPSA) is 0 Å². The van der Waals surface area contributed by atoms with Crippen molar-refractivity contribution in [1.82, 2.24) is 0 Å². The van der Waals surface area contributed by atoms with Crippen molar-refractivity contribution < 1.29 is 0 Å². The summed E-state index contributed by atoms with van der Waals surface area (Å²) in [7, 11) is 0. The highest BCUT2D eigenvalue weighted by Crippen LogP contribution is 2.56. The van der Waals surface area contributed by atoms with Gasteiger partial charge in [0.2, 0.25) is 0 Å². The Morgan fingerprint density at radius 2 is 1.85 bits per heavy atom. The molecule has 1 fully saturated rings. The minimum atomic E-state index is 0.531. The van der Waals surface area contributed by atoms with Crippen LogP contribution in [0.5, 0.6) is 0 Å². The van der Waals surface area contributed by atoms with Crippen LogP contribution in [0.25, 0.3) is 0 Å². The molecular weight excluding hydrogens is 240 g/mol. The molecule has 0 heterocycles. The molecule has 0 amide bonds. The lowest BCUT2D eigenvalue weighted by Gasteiger charge is -2.52. The molecular formula is C20H40. The minimum absolute atomic E-state index is 0.531. The Labute approximate surface area is 129 Å². The largest absolute Gasteiger partial charge is 0.0654 e. The summed E-state index contributed by atoms with van der Waals surface area (Å²) >= 11 is 0. The Bertz CT molecular complexity index is 278. The van der Waals surface area contributed by atoms with Crippen LogP contribution in [0, 0.1) is 28.6 Å². The van der Waals surface area contributed by atoms with Gasteiger partial charge >= 0.3 is 0 Å². The third kappa shape index (κ3) is 4.01. The van der Waals surface area contributed by atoms with Crippen LogP contribution >= 0.6 is 0 Å². The molecule has 0 aromatic heterocycles. The van der Waals surface area contributed by atoms with E-state index in [1.54, 1.807) is 0 Å². The summed E-state index contributed by atoms with van der Waals surface area (Å²) in [4.78, 5) is 0. The Morgan fingerprint density at radius 3 is 2.35 bits per heavy atom. The Morgan fingerprint density at radius 1 is 1.20 bits per heavy atom. The van der Waals surface area contributed by atoms with Gasteiger partial charge in [-0.1, -0.05) is 80.6 Å². The predicted octanol–water partition coefficient (Wildman–Crippen LogP) is 7.08. The van der Waals surface area contributed by atoms with E-state index < -0.39 is 0 Å². The number of hydrogen-bond donors (Lipinski definition) is 0. The summed E-state index contributed by atoms with van der Waals surface area (Å²) in [6.45, 7) is 17.3. The lowest BCUT2D eigenvalue weighted by molar-refractivity contribution is -0.0201. The van der Waals surface area contributed by atoms with Crippen molar-refractivity contribution in [2.45, 2.75) is 99.8 Å². The van der Waals surface area contributed by atoms with Crippen molar-refractivity contribution >= 4 is 0 Å². The highest BCUT2D eigenvalue weighted by molar-refractivity contribution is 4.96. The van der Waals surface area contributed by atoms with Gasteiger partial charge in [-0.2, -0.15) is 0 Å². The SMILES string of the molecule is CCCC1CCCC(C)(C(C)(CC)CC(C)C(C)C)C1. The van der Waals surface area contributed by atoms with Crippen LogP contribution in [-0.2, 0) is 0 Å². The van der Waals surface area contributed by atoms with Crippen LogP contribution in [0.3, 0.4) is 0 Å². The first-order valence-electron chi connectivity index (χ1n) is 9.28. The van der Waals surface area contributed by atoms with Crippen molar-refractivity contribution in [2.75, 3.05) is 0 Å². The fourth-order valence-electron chi connectivity index (χ4n) is 4.59. The van der Waals surface area contributed by atoms with Gasteiger partial charge in [0.25, 0.3) is 0 Å². The quantitative estimate of drug-likeness (QED) is 0.467. The highest BCUT2D eigenvalue weighted by atomic mass is 14.5. The first-order chi connectivity index (χ1) is 9.28. The average molecular weight is 281 g/mol. The molecule has 0 N–H and O–H groups in total. The fourth-order valence-corrected chi connectivity index (χ4v) is 4.59. The Hall–Kier alpha value is 0. The first kappa shape index (κ1) is 18.1. The van der Waals surface area contributed by atoms with Crippen molar-refractivity contribution in [2.24, 2.45) is 28.6 Å². The molecule has 1 aliphatic rings. The maximum Gasteiger partial charge on any atom is -0.0269 e. The van der Waals surface area contributed by atoms with Gasteiger partial charge in [-0.05, 0) is 47.8 Å². The van der Waals surface area contributed by atoms with E-state index in [4.69, 9.17) is 0 Å². The minimum Gasteiger partial charge on any atom is -0.0654 e. The van der Waals surface area contributed by atoms with Gasteiger partial charge < -0.3 is 0 Å². The van der Waals surface area contributed by atoms with Gasteiger partial charge in [-0.15, -0.1) is 0 Å². The van der Waals surface area contributed by atoms with Crippen molar-refractivity contribution in [3.8, 4) is 0 Å². The van der Waals surface area contributed by atoms with Crippen LogP contribution in [0.2, 0.25) is 0 Å². The second-order valence-corrected chi connectivity index (χ2v) is 8.65. The maximum absolute atomic E-state index is 2.62. The van der Waals surface area contributed by atoms with Crippen molar-refractivity contribution in [3.63, 3.8) is 0 Å². The van der Waals surface area contributed by atoms with E-state index in [2.05, 4.69) is 48.5 Å².